The molecular formula is C15H15BrN2O2. The van der Waals surface area contributed by atoms with Crippen molar-refractivity contribution in [2.24, 2.45) is 0 Å². The van der Waals surface area contributed by atoms with Crippen LogP contribution in [0, 0.1) is 0 Å². The Morgan fingerprint density at radius 1 is 1.45 bits per heavy atom. The number of alkyl halides is 1. The molecule has 20 heavy (non-hydrogen) atoms. The van der Waals surface area contributed by atoms with E-state index in [0.717, 1.165) is 16.2 Å². The molecule has 1 aromatic carbocycles. The first kappa shape index (κ1) is 13.5. The molecule has 2 aromatic rings. The summed E-state index contributed by atoms with van der Waals surface area (Å²) in [6.07, 6.45) is 1.83. The van der Waals surface area contributed by atoms with Gasteiger partial charge in [0, 0.05) is 35.6 Å². The van der Waals surface area contributed by atoms with E-state index < -0.39 is 0 Å². The number of hydrogen-bond acceptors (Lipinski definition) is 3. The second kappa shape index (κ2) is 5.89. The Hall–Kier alpha value is -1.46. The molecule has 1 atom stereocenters. The third-order valence-corrected chi connectivity index (χ3v) is 4.17. The Kier molecular flexibility index (Phi) is 3.98. The van der Waals surface area contributed by atoms with Crippen LogP contribution < -0.4 is 0 Å². The fourth-order valence-electron chi connectivity index (χ4n) is 2.39. The molecular weight excluding hydrogens is 320 g/mol. The summed E-state index contributed by atoms with van der Waals surface area (Å²) in [7, 11) is 0. The van der Waals surface area contributed by atoms with Crippen LogP contribution in [0.4, 0.5) is 0 Å². The zero-order chi connectivity index (χ0) is 13.9. The lowest BCUT2D eigenvalue weighted by atomic mass is 10.1. The van der Waals surface area contributed by atoms with Crippen molar-refractivity contribution in [3.05, 3.63) is 42.1 Å². The lowest BCUT2D eigenvalue weighted by Crippen LogP contribution is -2.46. The molecule has 1 unspecified atom stereocenters. The van der Waals surface area contributed by atoms with Gasteiger partial charge in [-0.05, 0) is 24.3 Å². The number of rotatable bonds is 2. The minimum atomic E-state index is 0.0602. The van der Waals surface area contributed by atoms with Gasteiger partial charge in [0.15, 0.2) is 0 Å². The van der Waals surface area contributed by atoms with Crippen LogP contribution in [0.5, 0.6) is 0 Å². The van der Waals surface area contributed by atoms with Crippen molar-refractivity contribution in [3.63, 3.8) is 0 Å². The molecule has 0 radical (unpaired) electrons. The summed E-state index contributed by atoms with van der Waals surface area (Å²) < 4.78 is 5.56. The van der Waals surface area contributed by atoms with Gasteiger partial charge >= 0.3 is 0 Å². The molecule has 0 N–H and O–H groups in total. The van der Waals surface area contributed by atoms with Crippen molar-refractivity contribution in [1.82, 2.24) is 9.88 Å². The molecule has 2 heterocycles. The van der Waals surface area contributed by atoms with Gasteiger partial charge in [-0.25, -0.2) is 0 Å². The topological polar surface area (TPSA) is 42.4 Å². The number of carbonyl (C=O) groups is 1. The molecule has 1 fully saturated rings. The highest BCUT2D eigenvalue weighted by Gasteiger charge is 2.24. The van der Waals surface area contributed by atoms with Crippen molar-refractivity contribution in [2.45, 2.75) is 6.10 Å². The van der Waals surface area contributed by atoms with Crippen LogP contribution >= 0.6 is 15.9 Å². The quantitative estimate of drug-likeness (QED) is 0.792. The molecule has 0 saturated carbocycles. The number of morpholine rings is 1. The molecule has 3 rings (SSSR count). The van der Waals surface area contributed by atoms with Gasteiger partial charge < -0.3 is 9.64 Å². The molecule has 1 aliphatic rings. The van der Waals surface area contributed by atoms with E-state index in [9.17, 15) is 4.79 Å². The van der Waals surface area contributed by atoms with Crippen LogP contribution in [-0.4, -0.2) is 46.9 Å². The molecule has 0 aliphatic carbocycles. The molecule has 104 valence electrons. The Morgan fingerprint density at radius 2 is 2.35 bits per heavy atom. The van der Waals surface area contributed by atoms with E-state index in [0.29, 0.717) is 25.3 Å². The fraction of sp³-hybridized carbons (Fsp3) is 0.333. The molecule has 1 aromatic heterocycles. The Bertz CT molecular complexity index is 632. The predicted octanol–water partition coefficient (Wildman–Crippen LogP) is 2.47. The number of carbonyl (C=O) groups excluding carboxylic acids is 1. The van der Waals surface area contributed by atoms with E-state index in [2.05, 4.69) is 20.9 Å². The number of benzene rings is 1. The number of fused-ring (bicyclic) bond motifs is 1. The zero-order valence-corrected chi connectivity index (χ0v) is 12.5. The van der Waals surface area contributed by atoms with Crippen LogP contribution in [0.1, 0.15) is 10.4 Å². The highest BCUT2D eigenvalue weighted by molar-refractivity contribution is 9.09. The first-order valence-corrected chi connectivity index (χ1v) is 7.71. The van der Waals surface area contributed by atoms with Crippen LogP contribution in [0.25, 0.3) is 10.9 Å². The smallest absolute Gasteiger partial charge is 0.254 e. The first-order chi connectivity index (χ1) is 9.78. The minimum Gasteiger partial charge on any atom is -0.374 e. The summed E-state index contributed by atoms with van der Waals surface area (Å²) in [5.41, 5.74) is 1.62. The molecule has 5 heteroatoms. The lowest BCUT2D eigenvalue weighted by molar-refractivity contribution is -0.00964. The highest BCUT2D eigenvalue weighted by atomic mass is 79.9. The minimum absolute atomic E-state index is 0.0602. The van der Waals surface area contributed by atoms with Crippen molar-refractivity contribution in [3.8, 4) is 0 Å². The van der Waals surface area contributed by atoms with Gasteiger partial charge in [-0.3, -0.25) is 9.78 Å². The summed E-state index contributed by atoms with van der Waals surface area (Å²) in [5, 5.41) is 1.74. The van der Waals surface area contributed by atoms with Gasteiger partial charge in [0.1, 0.15) is 0 Å². The van der Waals surface area contributed by atoms with E-state index in [-0.39, 0.29) is 12.0 Å². The first-order valence-electron chi connectivity index (χ1n) is 6.59. The average Bonchev–Trinajstić information content (AvgIpc) is 2.53. The van der Waals surface area contributed by atoms with Crippen LogP contribution in [0.2, 0.25) is 0 Å². The average molecular weight is 335 g/mol. The summed E-state index contributed by atoms with van der Waals surface area (Å²) in [6, 6.07) is 9.50. The Labute approximate surface area is 125 Å². The second-order valence-electron chi connectivity index (χ2n) is 4.81. The highest BCUT2D eigenvalue weighted by Crippen LogP contribution is 2.17. The molecule has 1 aliphatic heterocycles. The van der Waals surface area contributed by atoms with Crippen molar-refractivity contribution in [2.75, 3.05) is 25.0 Å². The van der Waals surface area contributed by atoms with E-state index in [1.807, 2.05) is 35.2 Å². The SMILES string of the molecule is O=C(c1ccc2ncccc2c1)N1CCOC(CBr)C1. The molecule has 0 spiro atoms. The fourth-order valence-corrected chi connectivity index (χ4v) is 2.78. The number of amides is 1. The van der Waals surface area contributed by atoms with Crippen LogP contribution in [0.15, 0.2) is 36.5 Å². The van der Waals surface area contributed by atoms with Gasteiger partial charge in [0.05, 0.1) is 18.2 Å². The van der Waals surface area contributed by atoms with Gasteiger partial charge in [-0.2, -0.15) is 0 Å². The van der Waals surface area contributed by atoms with Crippen molar-refractivity contribution < 1.29 is 9.53 Å². The molecule has 1 saturated heterocycles. The van der Waals surface area contributed by atoms with E-state index in [1.165, 1.54) is 0 Å². The maximum atomic E-state index is 12.5. The lowest BCUT2D eigenvalue weighted by Gasteiger charge is -2.32. The summed E-state index contributed by atoms with van der Waals surface area (Å²) >= 11 is 3.41. The maximum Gasteiger partial charge on any atom is 0.254 e. The van der Waals surface area contributed by atoms with E-state index >= 15 is 0 Å². The predicted molar refractivity (Wildman–Crippen MR) is 81.2 cm³/mol. The number of hydrogen-bond donors (Lipinski definition) is 0. The third kappa shape index (κ3) is 2.69. The number of aromatic nitrogens is 1. The number of nitrogens with zero attached hydrogens (tertiary/aromatic N) is 2. The van der Waals surface area contributed by atoms with Gasteiger partial charge in [0.25, 0.3) is 5.91 Å². The summed E-state index contributed by atoms with van der Waals surface area (Å²) in [4.78, 5) is 18.7. The number of ether oxygens (including phenoxy) is 1. The summed E-state index contributed by atoms with van der Waals surface area (Å²) in [5.74, 6) is 0.0602. The van der Waals surface area contributed by atoms with Gasteiger partial charge in [0.2, 0.25) is 0 Å². The zero-order valence-electron chi connectivity index (χ0n) is 11.0. The largest absolute Gasteiger partial charge is 0.374 e. The monoisotopic (exact) mass is 334 g/mol. The number of pyridine rings is 1. The van der Waals surface area contributed by atoms with Crippen LogP contribution in [0.3, 0.4) is 0 Å². The van der Waals surface area contributed by atoms with Gasteiger partial charge in [-0.1, -0.05) is 22.0 Å². The standard InChI is InChI=1S/C15H15BrN2O2/c16-9-13-10-18(6-7-20-13)15(19)12-3-4-14-11(8-12)2-1-5-17-14/h1-5,8,13H,6-7,9-10H2. The normalized spacial score (nSPS) is 19.2. The van der Waals surface area contributed by atoms with E-state index in [4.69, 9.17) is 4.74 Å². The molecule has 4 nitrogen and oxygen atoms in total. The van der Waals surface area contributed by atoms with E-state index in [1.54, 1.807) is 6.20 Å². The molecule has 0 bridgehead atoms. The third-order valence-electron chi connectivity index (χ3n) is 3.45. The van der Waals surface area contributed by atoms with Crippen LogP contribution in [-0.2, 0) is 4.74 Å². The second-order valence-corrected chi connectivity index (χ2v) is 5.46. The van der Waals surface area contributed by atoms with Crippen molar-refractivity contribution in [1.29, 1.82) is 0 Å². The Balaban J connectivity index is 1.84. The molecule has 1 amide bonds. The summed E-state index contributed by atoms with van der Waals surface area (Å²) in [6.45, 7) is 1.87. The maximum absolute atomic E-state index is 12.5. The van der Waals surface area contributed by atoms with Gasteiger partial charge in [-0.15, -0.1) is 0 Å². The number of halogens is 1. The Morgan fingerprint density at radius 3 is 3.20 bits per heavy atom. The van der Waals surface area contributed by atoms with Crippen molar-refractivity contribution >= 4 is 32.7 Å².